The number of fused-ring (bicyclic) bond motifs is 1. The van der Waals surface area contributed by atoms with Crippen LogP contribution in [-0.2, 0) is 20.7 Å². The van der Waals surface area contributed by atoms with Crippen molar-refractivity contribution in [2.75, 3.05) is 31.6 Å². The van der Waals surface area contributed by atoms with Crippen LogP contribution in [0.2, 0.25) is 0 Å². The number of benzene rings is 1. The molecule has 0 spiro atoms. The predicted octanol–water partition coefficient (Wildman–Crippen LogP) is 2.16. The lowest BCUT2D eigenvalue weighted by Gasteiger charge is -2.25. The highest BCUT2D eigenvalue weighted by Crippen LogP contribution is 2.24. The van der Waals surface area contributed by atoms with E-state index in [1.165, 1.54) is 0 Å². The Balaban J connectivity index is 2.13. The van der Waals surface area contributed by atoms with Crippen LogP contribution in [0.5, 0.6) is 0 Å². The monoisotopic (exact) mass is 362 g/mol. The summed E-state index contributed by atoms with van der Waals surface area (Å²) in [5.74, 6) is -1.80. The molecule has 0 bridgehead atoms. The lowest BCUT2D eigenvalue weighted by molar-refractivity contribution is -0.141. The van der Waals surface area contributed by atoms with Crippen molar-refractivity contribution in [3.8, 4) is 0 Å². The molecule has 1 heterocycles. The Bertz CT molecular complexity index is 674. The quantitative estimate of drug-likeness (QED) is 0.656. The van der Waals surface area contributed by atoms with Gasteiger partial charge in [0.1, 0.15) is 0 Å². The van der Waals surface area contributed by atoms with Crippen LogP contribution in [0.15, 0.2) is 18.2 Å². The van der Waals surface area contributed by atoms with E-state index in [9.17, 15) is 19.5 Å². The van der Waals surface area contributed by atoms with Crippen molar-refractivity contribution >= 4 is 23.5 Å². The third kappa shape index (κ3) is 5.29. The molecule has 0 aromatic heterocycles. The van der Waals surface area contributed by atoms with Crippen LogP contribution in [0, 0.1) is 5.92 Å². The summed E-state index contributed by atoms with van der Waals surface area (Å²) in [5.41, 5.74) is 2.17. The number of carbonyl (C=O) groups is 3. The highest BCUT2D eigenvalue weighted by atomic mass is 16.5. The molecule has 26 heavy (non-hydrogen) atoms. The van der Waals surface area contributed by atoms with E-state index in [0.717, 1.165) is 11.3 Å². The Morgan fingerprint density at radius 1 is 1.35 bits per heavy atom. The number of aryl methyl sites for hydroxylation is 1. The summed E-state index contributed by atoms with van der Waals surface area (Å²) in [6, 6.07) is 5.20. The van der Waals surface area contributed by atoms with Gasteiger partial charge < -0.3 is 20.1 Å². The number of amides is 2. The van der Waals surface area contributed by atoms with Crippen molar-refractivity contribution in [1.82, 2.24) is 4.90 Å². The third-order valence-electron chi connectivity index (χ3n) is 4.37. The van der Waals surface area contributed by atoms with Crippen LogP contribution in [0.4, 0.5) is 5.69 Å². The number of carboxylic acids is 1. The summed E-state index contributed by atoms with van der Waals surface area (Å²) in [4.78, 5) is 37.1. The predicted molar refractivity (Wildman–Crippen MR) is 97.2 cm³/mol. The van der Waals surface area contributed by atoms with Gasteiger partial charge in [0, 0.05) is 44.0 Å². The molecule has 1 aromatic carbocycles. The lowest BCUT2D eigenvalue weighted by Crippen LogP contribution is -2.38. The Hall–Kier alpha value is -2.41. The van der Waals surface area contributed by atoms with Gasteiger partial charge in [-0.3, -0.25) is 14.4 Å². The van der Waals surface area contributed by atoms with Crippen LogP contribution in [0.1, 0.15) is 42.6 Å². The van der Waals surface area contributed by atoms with Crippen molar-refractivity contribution < 1.29 is 24.2 Å². The fourth-order valence-electron chi connectivity index (χ4n) is 2.89. The van der Waals surface area contributed by atoms with Crippen molar-refractivity contribution in [3.63, 3.8) is 0 Å². The summed E-state index contributed by atoms with van der Waals surface area (Å²) in [6.45, 7) is 5.21. The van der Waals surface area contributed by atoms with E-state index < -0.39 is 11.9 Å². The molecule has 0 fully saturated rings. The summed E-state index contributed by atoms with van der Waals surface area (Å²) < 4.78 is 5.31. The Labute approximate surface area is 153 Å². The number of hydrogen-bond acceptors (Lipinski definition) is 4. The first-order valence-electron chi connectivity index (χ1n) is 8.95. The number of hydrogen-bond donors (Lipinski definition) is 2. The number of nitrogens with zero attached hydrogens (tertiary/aromatic N) is 1. The van der Waals surface area contributed by atoms with Crippen molar-refractivity contribution in [2.45, 2.75) is 33.1 Å². The van der Waals surface area contributed by atoms with Gasteiger partial charge >= 0.3 is 5.97 Å². The topological polar surface area (TPSA) is 95.9 Å². The normalized spacial score (nSPS) is 14.3. The van der Waals surface area contributed by atoms with Gasteiger partial charge in [0.25, 0.3) is 5.91 Å². The number of aliphatic carboxylic acids is 1. The Kier molecular flexibility index (Phi) is 7.15. The van der Waals surface area contributed by atoms with E-state index in [4.69, 9.17) is 4.74 Å². The maximum Gasteiger partial charge on any atom is 0.308 e. The van der Waals surface area contributed by atoms with Gasteiger partial charge in [0.05, 0.1) is 5.92 Å². The van der Waals surface area contributed by atoms with E-state index in [2.05, 4.69) is 5.32 Å². The molecule has 2 N–H and O–H groups in total. The number of ether oxygens (including phenoxy) is 1. The second-order valence-corrected chi connectivity index (χ2v) is 6.46. The smallest absolute Gasteiger partial charge is 0.308 e. The van der Waals surface area contributed by atoms with Crippen LogP contribution in [0.25, 0.3) is 0 Å². The molecule has 1 aliphatic heterocycles. The second kappa shape index (κ2) is 9.33. The fraction of sp³-hybridized carbons (Fsp3) is 0.526. The number of carbonyl (C=O) groups excluding carboxylic acids is 2. The molecule has 142 valence electrons. The Morgan fingerprint density at radius 2 is 2.12 bits per heavy atom. The van der Waals surface area contributed by atoms with Crippen molar-refractivity contribution in [1.29, 1.82) is 0 Å². The van der Waals surface area contributed by atoms with E-state index in [0.29, 0.717) is 44.6 Å². The highest BCUT2D eigenvalue weighted by Gasteiger charge is 2.23. The molecule has 1 aliphatic rings. The molecule has 0 saturated heterocycles. The zero-order valence-electron chi connectivity index (χ0n) is 15.3. The van der Waals surface area contributed by atoms with Gasteiger partial charge in [0.15, 0.2) is 0 Å². The first kappa shape index (κ1) is 19.9. The Morgan fingerprint density at radius 3 is 2.81 bits per heavy atom. The van der Waals surface area contributed by atoms with Gasteiger partial charge in [-0.05, 0) is 43.5 Å². The van der Waals surface area contributed by atoms with Crippen LogP contribution >= 0.6 is 0 Å². The molecule has 2 amide bonds. The fourth-order valence-corrected chi connectivity index (χ4v) is 2.89. The third-order valence-corrected chi connectivity index (χ3v) is 4.37. The molecule has 1 unspecified atom stereocenters. The minimum absolute atomic E-state index is 0.0237. The van der Waals surface area contributed by atoms with Gasteiger partial charge in [-0.25, -0.2) is 0 Å². The number of nitrogens with one attached hydrogen (secondary N) is 1. The van der Waals surface area contributed by atoms with Crippen molar-refractivity contribution in [3.05, 3.63) is 29.3 Å². The molecule has 7 heteroatoms. The van der Waals surface area contributed by atoms with Gasteiger partial charge in [-0.15, -0.1) is 0 Å². The summed E-state index contributed by atoms with van der Waals surface area (Å²) >= 11 is 0. The number of rotatable bonds is 9. The lowest BCUT2D eigenvalue weighted by atomic mass is 9.99. The van der Waals surface area contributed by atoms with E-state index >= 15 is 0 Å². The first-order valence-corrected chi connectivity index (χ1v) is 8.95. The largest absolute Gasteiger partial charge is 0.481 e. The molecule has 1 atom stereocenters. The molecule has 2 rings (SSSR count). The molecule has 1 aromatic rings. The summed E-state index contributed by atoms with van der Waals surface area (Å²) in [5, 5.41) is 12.0. The molecule has 0 aliphatic carbocycles. The van der Waals surface area contributed by atoms with Crippen LogP contribution in [-0.4, -0.2) is 54.1 Å². The molecule has 0 saturated carbocycles. The van der Waals surface area contributed by atoms with Gasteiger partial charge in [-0.2, -0.15) is 0 Å². The van der Waals surface area contributed by atoms with E-state index in [-0.39, 0.29) is 18.4 Å². The van der Waals surface area contributed by atoms with Crippen molar-refractivity contribution in [2.24, 2.45) is 5.92 Å². The minimum atomic E-state index is -0.930. The molecule has 0 radical (unpaired) electrons. The van der Waals surface area contributed by atoms with E-state index in [1.54, 1.807) is 30.0 Å². The first-order chi connectivity index (χ1) is 12.4. The zero-order chi connectivity index (χ0) is 19.1. The average molecular weight is 362 g/mol. The van der Waals surface area contributed by atoms with Gasteiger partial charge in [-0.1, -0.05) is 6.92 Å². The second-order valence-electron chi connectivity index (χ2n) is 6.46. The SMILES string of the molecule is CCOCCCN(CC(C)C(=O)O)C(=O)c1ccc2c(c1)CCC(=O)N2. The maximum absolute atomic E-state index is 12.9. The average Bonchev–Trinajstić information content (AvgIpc) is 2.62. The molecule has 7 nitrogen and oxygen atoms in total. The summed E-state index contributed by atoms with van der Waals surface area (Å²) in [6.07, 6.45) is 1.64. The zero-order valence-corrected chi connectivity index (χ0v) is 15.3. The number of carboxylic acid groups (broad SMARTS) is 1. The maximum atomic E-state index is 12.9. The standard InChI is InChI=1S/C19H26N2O5/c1-3-26-10-4-9-21(12-13(2)19(24)25)18(23)15-5-7-16-14(11-15)6-8-17(22)20-16/h5,7,11,13H,3-4,6,8-10,12H2,1-2H3,(H,20,22)(H,24,25). The number of anilines is 1. The highest BCUT2D eigenvalue weighted by molar-refractivity contribution is 5.98. The molecular weight excluding hydrogens is 336 g/mol. The molecular formula is C19H26N2O5. The minimum Gasteiger partial charge on any atom is -0.481 e. The van der Waals surface area contributed by atoms with E-state index in [1.807, 2.05) is 6.92 Å². The summed E-state index contributed by atoms with van der Waals surface area (Å²) in [7, 11) is 0. The van der Waals surface area contributed by atoms with Crippen LogP contribution in [0.3, 0.4) is 0 Å². The van der Waals surface area contributed by atoms with Crippen LogP contribution < -0.4 is 5.32 Å². The van der Waals surface area contributed by atoms with Gasteiger partial charge in [0.2, 0.25) is 5.91 Å².